The summed E-state index contributed by atoms with van der Waals surface area (Å²) in [7, 11) is 0. The topological polar surface area (TPSA) is 77.2 Å². The number of thiophene rings is 1. The monoisotopic (exact) mass is 305 g/mol. The molecule has 2 aromatic rings. The molecule has 0 saturated carbocycles. The number of nitrogens with one attached hydrogen (secondary N) is 1. The van der Waals surface area contributed by atoms with Crippen molar-refractivity contribution >= 4 is 27.8 Å². The van der Waals surface area contributed by atoms with Crippen molar-refractivity contribution in [2.24, 2.45) is 0 Å². The summed E-state index contributed by atoms with van der Waals surface area (Å²) in [5, 5.41) is 4.07. The van der Waals surface area contributed by atoms with Crippen LogP contribution >= 0.6 is 11.3 Å². The first-order valence-corrected chi connectivity index (χ1v) is 7.53. The fourth-order valence-electron chi connectivity index (χ4n) is 1.84. The van der Waals surface area contributed by atoms with Gasteiger partial charge in [0.25, 0.3) is 0 Å². The van der Waals surface area contributed by atoms with Gasteiger partial charge in [-0.2, -0.15) is 0 Å². The molecule has 0 aromatic carbocycles. The number of Topliss-reactive ketones (excluding diaryl/α,β-unsaturated/α-hetero) is 1. The van der Waals surface area contributed by atoms with Crippen molar-refractivity contribution in [3.8, 4) is 5.75 Å². The molecule has 0 unspecified atom stereocenters. The Kier molecular flexibility index (Phi) is 4.80. The van der Waals surface area contributed by atoms with Crippen LogP contribution in [0.3, 0.4) is 0 Å². The van der Waals surface area contributed by atoms with Crippen LogP contribution < -0.4 is 15.8 Å². The Morgan fingerprint density at radius 2 is 2.10 bits per heavy atom. The van der Waals surface area contributed by atoms with Crippen molar-refractivity contribution in [2.45, 2.75) is 33.4 Å². The highest BCUT2D eigenvalue weighted by molar-refractivity contribution is 7.19. The van der Waals surface area contributed by atoms with Crippen LogP contribution in [0, 0.1) is 0 Å². The molecule has 0 aliphatic rings. The van der Waals surface area contributed by atoms with Gasteiger partial charge in [-0.1, -0.05) is 0 Å². The van der Waals surface area contributed by atoms with E-state index in [2.05, 4.69) is 10.3 Å². The van der Waals surface area contributed by atoms with E-state index in [1.807, 2.05) is 26.0 Å². The zero-order valence-electron chi connectivity index (χ0n) is 12.3. The van der Waals surface area contributed by atoms with E-state index in [4.69, 9.17) is 10.5 Å². The van der Waals surface area contributed by atoms with Crippen LogP contribution in [0.5, 0.6) is 5.75 Å². The summed E-state index contributed by atoms with van der Waals surface area (Å²) in [5.74, 6) is 0.511. The van der Waals surface area contributed by atoms with Crippen LogP contribution in [-0.2, 0) is 6.54 Å². The molecule has 0 atom stereocenters. The molecular weight excluding hydrogens is 286 g/mol. The van der Waals surface area contributed by atoms with Gasteiger partial charge in [-0.25, -0.2) is 0 Å². The second-order valence-corrected chi connectivity index (χ2v) is 5.96. The molecule has 2 aromatic heterocycles. The molecule has 21 heavy (non-hydrogen) atoms. The van der Waals surface area contributed by atoms with E-state index in [9.17, 15) is 4.79 Å². The molecule has 0 aliphatic carbocycles. The lowest BCUT2D eigenvalue weighted by molar-refractivity contribution is 0.102. The maximum absolute atomic E-state index is 11.6. The van der Waals surface area contributed by atoms with Gasteiger partial charge in [0.1, 0.15) is 5.00 Å². The highest BCUT2D eigenvalue weighted by atomic mass is 32.1. The molecule has 0 spiro atoms. The van der Waals surface area contributed by atoms with Crippen molar-refractivity contribution < 1.29 is 9.53 Å². The van der Waals surface area contributed by atoms with E-state index in [-0.39, 0.29) is 11.9 Å². The normalized spacial score (nSPS) is 10.7. The number of ketones is 1. The van der Waals surface area contributed by atoms with Crippen molar-refractivity contribution in [3.05, 3.63) is 35.0 Å². The minimum Gasteiger partial charge on any atom is -0.486 e. The van der Waals surface area contributed by atoms with E-state index in [0.29, 0.717) is 22.9 Å². The molecule has 3 N–H and O–H groups in total. The van der Waals surface area contributed by atoms with Gasteiger partial charge < -0.3 is 15.8 Å². The minimum atomic E-state index is -0.0527. The van der Waals surface area contributed by atoms with Crippen molar-refractivity contribution in [3.63, 3.8) is 0 Å². The van der Waals surface area contributed by atoms with Gasteiger partial charge in [0.2, 0.25) is 0 Å². The quantitative estimate of drug-likeness (QED) is 0.800. The van der Waals surface area contributed by atoms with Gasteiger partial charge in [0.15, 0.2) is 11.5 Å². The first kappa shape index (κ1) is 15.3. The van der Waals surface area contributed by atoms with E-state index >= 15 is 0 Å². The molecular formula is C15H19N3O2S. The molecule has 0 amide bonds. The number of hydrogen-bond acceptors (Lipinski definition) is 6. The van der Waals surface area contributed by atoms with Gasteiger partial charge in [-0.3, -0.25) is 9.78 Å². The summed E-state index contributed by atoms with van der Waals surface area (Å²) in [4.78, 5) is 16.1. The van der Waals surface area contributed by atoms with Crippen LogP contribution in [0.4, 0.5) is 10.7 Å². The second-order valence-electron chi connectivity index (χ2n) is 4.93. The van der Waals surface area contributed by atoms with Crippen LogP contribution in [-0.4, -0.2) is 16.9 Å². The highest BCUT2D eigenvalue weighted by Crippen LogP contribution is 2.43. The molecule has 0 saturated heterocycles. The van der Waals surface area contributed by atoms with E-state index in [1.165, 1.54) is 18.3 Å². The first-order valence-electron chi connectivity index (χ1n) is 6.71. The smallest absolute Gasteiger partial charge is 0.177 e. The number of hydrogen-bond donors (Lipinski definition) is 2. The number of nitrogen functional groups attached to an aromatic ring is 1. The summed E-state index contributed by atoms with van der Waals surface area (Å²) in [6.07, 6.45) is 3.47. The third-order valence-electron chi connectivity index (χ3n) is 2.78. The third-order valence-corrected chi connectivity index (χ3v) is 4.02. The summed E-state index contributed by atoms with van der Waals surface area (Å²) in [6, 6.07) is 3.86. The number of nitrogens with two attached hydrogens (primary N) is 1. The Morgan fingerprint density at radius 3 is 2.67 bits per heavy atom. The average Bonchev–Trinajstić information content (AvgIpc) is 2.75. The van der Waals surface area contributed by atoms with Gasteiger partial charge >= 0.3 is 0 Å². The predicted molar refractivity (Wildman–Crippen MR) is 86.1 cm³/mol. The Labute approximate surface area is 128 Å². The fourth-order valence-corrected chi connectivity index (χ4v) is 2.79. The molecule has 112 valence electrons. The number of rotatable bonds is 6. The number of carbonyl (C=O) groups excluding carboxylic acids is 1. The first-order chi connectivity index (χ1) is 9.99. The number of ether oxygens (including phenoxy) is 1. The zero-order valence-corrected chi connectivity index (χ0v) is 13.2. The zero-order chi connectivity index (χ0) is 15.4. The number of carbonyl (C=O) groups is 1. The lowest BCUT2D eigenvalue weighted by Crippen LogP contribution is -2.09. The molecule has 2 rings (SSSR count). The Hall–Kier alpha value is -2.08. The van der Waals surface area contributed by atoms with Gasteiger partial charge in [-0.15, -0.1) is 11.3 Å². The Bertz CT molecular complexity index is 623. The molecule has 0 fully saturated rings. The van der Waals surface area contributed by atoms with E-state index in [1.54, 1.807) is 12.4 Å². The van der Waals surface area contributed by atoms with Crippen LogP contribution in [0.25, 0.3) is 0 Å². The number of aromatic nitrogens is 1. The molecule has 2 heterocycles. The van der Waals surface area contributed by atoms with Crippen LogP contribution in [0.1, 0.15) is 36.0 Å². The maximum atomic E-state index is 11.6. The maximum Gasteiger partial charge on any atom is 0.177 e. The van der Waals surface area contributed by atoms with Crippen molar-refractivity contribution in [1.29, 1.82) is 0 Å². The predicted octanol–water partition coefficient (Wildman–Crippen LogP) is 3.33. The average molecular weight is 305 g/mol. The lowest BCUT2D eigenvalue weighted by Gasteiger charge is -2.12. The van der Waals surface area contributed by atoms with Crippen LogP contribution in [0.15, 0.2) is 24.5 Å². The third kappa shape index (κ3) is 3.72. The SMILES string of the molecule is CC(=O)c1sc(NCc2ccncc2)c(OC(C)C)c1N. The second kappa shape index (κ2) is 6.58. The molecule has 5 nitrogen and oxygen atoms in total. The molecule has 0 bridgehead atoms. The summed E-state index contributed by atoms with van der Waals surface area (Å²) >= 11 is 1.33. The fraction of sp³-hybridized carbons (Fsp3) is 0.333. The van der Waals surface area contributed by atoms with Crippen LogP contribution in [0.2, 0.25) is 0 Å². The van der Waals surface area contributed by atoms with Gasteiger partial charge in [0.05, 0.1) is 16.7 Å². The standard InChI is InChI=1S/C15H19N3O2S/c1-9(2)20-13-12(16)14(10(3)19)21-15(13)18-8-11-4-6-17-7-5-11/h4-7,9,18H,8,16H2,1-3H3. The van der Waals surface area contributed by atoms with Gasteiger partial charge in [-0.05, 0) is 31.5 Å². The van der Waals surface area contributed by atoms with Crippen molar-refractivity contribution in [2.75, 3.05) is 11.1 Å². The van der Waals surface area contributed by atoms with E-state index in [0.717, 1.165) is 10.6 Å². The largest absolute Gasteiger partial charge is 0.486 e. The van der Waals surface area contributed by atoms with Gasteiger partial charge in [0, 0.05) is 25.9 Å². The summed E-state index contributed by atoms with van der Waals surface area (Å²) in [5.41, 5.74) is 7.55. The van der Waals surface area contributed by atoms with Crippen molar-refractivity contribution in [1.82, 2.24) is 4.98 Å². The highest BCUT2D eigenvalue weighted by Gasteiger charge is 2.20. The Morgan fingerprint density at radius 1 is 1.43 bits per heavy atom. The molecule has 0 radical (unpaired) electrons. The summed E-state index contributed by atoms with van der Waals surface area (Å²) < 4.78 is 5.75. The Balaban J connectivity index is 2.24. The summed E-state index contributed by atoms with van der Waals surface area (Å²) in [6.45, 7) is 5.98. The lowest BCUT2D eigenvalue weighted by atomic mass is 10.2. The van der Waals surface area contributed by atoms with E-state index < -0.39 is 0 Å². The molecule has 0 aliphatic heterocycles. The molecule has 6 heteroatoms. The minimum absolute atomic E-state index is 0.0109. The number of nitrogens with zero attached hydrogens (tertiary/aromatic N) is 1. The number of pyridine rings is 1. The number of anilines is 2.